The van der Waals surface area contributed by atoms with Crippen LogP contribution in [0.3, 0.4) is 0 Å². The van der Waals surface area contributed by atoms with Gasteiger partial charge in [-0.25, -0.2) is 4.39 Å². The van der Waals surface area contributed by atoms with Crippen LogP contribution in [0.1, 0.15) is 15.9 Å². The Balaban J connectivity index is 2.27. The number of carbonyl (C=O) groups excluding carboxylic acids is 1. The van der Waals surface area contributed by atoms with E-state index in [4.69, 9.17) is 11.0 Å². The van der Waals surface area contributed by atoms with Gasteiger partial charge in [-0.15, -0.1) is 0 Å². The smallest absolute Gasteiger partial charge is 0.255 e. The summed E-state index contributed by atoms with van der Waals surface area (Å²) in [6.07, 6.45) is 0. The van der Waals surface area contributed by atoms with Crippen molar-refractivity contribution in [1.82, 2.24) is 0 Å². The monoisotopic (exact) mass is 255 g/mol. The Morgan fingerprint density at radius 1 is 1.26 bits per heavy atom. The molecule has 1 amide bonds. The molecule has 3 N–H and O–H groups in total. The Morgan fingerprint density at radius 3 is 2.74 bits per heavy atom. The fourth-order valence-electron chi connectivity index (χ4n) is 1.59. The van der Waals surface area contributed by atoms with Gasteiger partial charge in [-0.3, -0.25) is 4.79 Å². The molecule has 0 aliphatic heterocycles. The molecule has 2 aromatic carbocycles. The lowest BCUT2D eigenvalue weighted by Gasteiger charge is -2.07. The van der Waals surface area contributed by atoms with Crippen LogP contribution in [0.15, 0.2) is 42.5 Å². The van der Waals surface area contributed by atoms with Gasteiger partial charge in [-0.2, -0.15) is 5.26 Å². The molecule has 0 saturated heterocycles. The lowest BCUT2D eigenvalue weighted by Crippen LogP contribution is -2.13. The summed E-state index contributed by atoms with van der Waals surface area (Å²) < 4.78 is 13.0. The molecule has 0 spiro atoms. The van der Waals surface area contributed by atoms with E-state index >= 15 is 0 Å². The third-order valence-electron chi connectivity index (χ3n) is 2.50. The standard InChI is InChI=1S/C14H10FN3O/c15-11-4-5-13(10(6-11)8-16)18-14(19)9-2-1-3-12(17)7-9/h1-7H,17H2,(H,18,19). The molecule has 4 nitrogen and oxygen atoms in total. The maximum atomic E-state index is 13.0. The minimum atomic E-state index is -0.529. The van der Waals surface area contributed by atoms with Crippen LogP contribution in [0.5, 0.6) is 0 Å². The van der Waals surface area contributed by atoms with E-state index in [1.54, 1.807) is 18.2 Å². The van der Waals surface area contributed by atoms with Gasteiger partial charge in [0, 0.05) is 11.3 Å². The van der Waals surface area contributed by atoms with Crippen LogP contribution in [0.4, 0.5) is 15.8 Å². The molecular formula is C14H10FN3O. The lowest BCUT2D eigenvalue weighted by molar-refractivity contribution is 0.102. The molecule has 94 valence electrons. The van der Waals surface area contributed by atoms with Gasteiger partial charge in [-0.05, 0) is 36.4 Å². The van der Waals surface area contributed by atoms with Crippen molar-refractivity contribution in [3.8, 4) is 6.07 Å². The van der Waals surface area contributed by atoms with Crippen LogP contribution in [0.25, 0.3) is 0 Å². The Kier molecular flexibility index (Phi) is 3.44. The second-order valence-electron chi connectivity index (χ2n) is 3.88. The Hall–Kier alpha value is -2.87. The molecule has 0 radical (unpaired) electrons. The van der Waals surface area contributed by atoms with Crippen molar-refractivity contribution in [3.05, 3.63) is 59.4 Å². The number of benzene rings is 2. The predicted octanol–water partition coefficient (Wildman–Crippen LogP) is 2.53. The fourth-order valence-corrected chi connectivity index (χ4v) is 1.59. The molecule has 5 heteroatoms. The summed E-state index contributed by atoms with van der Waals surface area (Å²) in [4.78, 5) is 11.9. The number of carbonyl (C=O) groups is 1. The van der Waals surface area contributed by atoms with E-state index in [2.05, 4.69) is 5.32 Å². The highest BCUT2D eigenvalue weighted by Crippen LogP contribution is 2.17. The Bertz CT molecular complexity index is 677. The van der Waals surface area contributed by atoms with Crippen molar-refractivity contribution < 1.29 is 9.18 Å². The van der Waals surface area contributed by atoms with E-state index in [1.165, 1.54) is 18.2 Å². The zero-order valence-corrected chi connectivity index (χ0v) is 9.85. The number of hydrogen-bond donors (Lipinski definition) is 2. The van der Waals surface area contributed by atoms with Crippen molar-refractivity contribution in [2.45, 2.75) is 0 Å². The summed E-state index contributed by atoms with van der Waals surface area (Å²) in [5, 5.41) is 11.4. The number of amides is 1. The number of nitrogens with one attached hydrogen (secondary N) is 1. The van der Waals surface area contributed by atoms with Crippen molar-refractivity contribution in [2.24, 2.45) is 0 Å². The molecular weight excluding hydrogens is 245 g/mol. The first kappa shape index (κ1) is 12.6. The SMILES string of the molecule is N#Cc1cc(F)ccc1NC(=O)c1cccc(N)c1. The lowest BCUT2D eigenvalue weighted by atomic mass is 10.1. The zero-order chi connectivity index (χ0) is 13.8. The second-order valence-corrected chi connectivity index (χ2v) is 3.88. The number of nitrogen functional groups attached to an aromatic ring is 1. The van der Waals surface area contributed by atoms with Crippen LogP contribution < -0.4 is 11.1 Å². The first-order valence-corrected chi connectivity index (χ1v) is 5.46. The van der Waals surface area contributed by atoms with Crippen LogP contribution >= 0.6 is 0 Å². The maximum Gasteiger partial charge on any atom is 0.255 e. The van der Waals surface area contributed by atoms with Crippen LogP contribution in [-0.4, -0.2) is 5.91 Å². The van der Waals surface area contributed by atoms with Gasteiger partial charge in [0.15, 0.2) is 0 Å². The maximum absolute atomic E-state index is 13.0. The molecule has 0 aromatic heterocycles. The van der Waals surface area contributed by atoms with E-state index in [0.29, 0.717) is 11.3 Å². The van der Waals surface area contributed by atoms with Gasteiger partial charge >= 0.3 is 0 Å². The van der Waals surface area contributed by atoms with Gasteiger partial charge in [0.25, 0.3) is 5.91 Å². The summed E-state index contributed by atoms with van der Waals surface area (Å²) in [6.45, 7) is 0. The second kappa shape index (κ2) is 5.19. The number of nitriles is 1. The third-order valence-corrected chi connectivity index (χ3v) is 2.50. The largest absolute Gasteiger partial charge is 0.399 e. The molecule has 0 aliphatic carbocycles. The minimum absolute atomic E-state index is 0.0669. The number of anilines is 2. The van der Waals surface area contributed by atoms with E-state index in [1.807, 2.05) is 6.07 Å². The fraction of sp³-hybridized carbons (Fsp3) is 0. The van der Waals surface area contributed by atoms with E-state index in [9.17, 15) is 9.18 Å². The van der Waals surface area contributed by atoms with Crippen molar-refractivity contribution in [1.29, 1.82) is 5.26 Å². The number of nitrogens with two attached hydrogens (primary N) is 1. The summed E-state index contributed by atoms with van der Waals surface area (Å²) in [6, 6.07) is 11.8. The summed E-state index contributed by atoms with van der Waals surface area (Å²) >= 11 is 0. The Labute approximate surface area is 109 Å². The minimum Gasteiger partial charge on any atom is -0.399 e. The van der Waals surface area contributed by atoms with Gasteiger partial charge in [0.1, 0.15) is 11.9 Å². The van der Waals surface area contributed by atoms with Gasteiger partial charge < -0.3 is 11.1 Å². The molecule has 0 heterocycles. The van der Waals surface area contributed by atoms with Crippen LogP contribution in [-0.2, 0) is 0 Å². The first-order valence-electron chi connectivity index (χ1n) is 5.46. The molecule has 0 unspecified atom stereocenters. The van der Waals surface area contributed by atoms with Gasteiger partial charge in [0.05, 0.1) is 11.3 Å². The molecule has 19 heavy (non-hydrogen) atoms. The number of rotatable bonds is 2. The molecule has 0 bridgehead atoms. The highest BCUT2D eigenvalue weighted by atomic mass is 19.1. The molecule has 0 aliphatic rings. The quantitative estimate of drug-likeness (QED) is 0.809. The van der Waals surface area contributed by atoms with Crippen molar-refractivity contribution in [2.75, 3.05) is 11.1 Å². The zero-order valence-electron chi connectivity index (χ0n) is 9.85. The highest BCUT2D eigenvalue weighted by molar-refractivity contribution is 6.05. The number of nitrogens with zero attached hydrogens (tertiary/aromatic N) is 1. The van der Waals surface area contributed by atoms with Gasteiger partial charge in [0.2, 0.25) is 0 Å². The average Bonchev–Trinajstić information content (AvgIpc) is 2.40. The highest BCUT2D eigenvalue weighted by Gasteiger charge is 2.10. The number of halogens is 1. The molecule has 0 saturated carbocycles. The summed E-state index contributed by atoms with van der Waals surface area (Å²) in [7, 11) is 0. The van der Waals surface area contributed by atoms with Crippen LogP contribution in [0.2, 0.25) is 0 Å². The van der Waals surface area contributed by atoms with E-state index in [0.717, 1.165) is 6.07 Å². The number of hydrogen-bond acceptors (Lipinski definition) is 3. The average molecular weight is 255 g/mol. The molecule has 2 rings (SSSR count). The third kappa shape index (κ3) is 2.87. The van der Waals surface area contributed by atoms with Gasteiger partial charge in [-0.1, -0.05) is 6.07 Å². The summed E-state index contributed by atoms with van der Waals surface area (Å²) in [5.74, 6) is -0.936. The normalized spacial score (nSPS) is 9.68. The molecule has 0 atom stereocenters. The molecule has 2 aromatic rings. The topological polar surface area (TPSA) is 78.9 Å². The Morgan fingerprint density at radius 2 is 2.05 bits per heavy atom. The molecule has 0 fully saturated rings. The summed E-state index contributed by atoms with van der Waals surface area (Å²) in [5.41, 5.74) is 6.74. The first-order chi connectivity index (χ1) is 9.10. The van der Waals surface area contributed by atoms with E-state index in [-0.39, 0.29) is 11.3 Å². The van der Waals surface area contributed by atoms with Crippen molar-refractivity contribution in [3.63, 3.8) is 0 Å². The predicted molar refractivity (Wildman–Crippen MR) is 69.9 cm³/mol. The van der Waals surface area contributed by atoms with E-state index < -0.39 is 11.7 Å². The van der Waals surface area contributed by atoms with Crippen molar-refractivity contribution >= 4 is 17.3 Å². The van der Waals surface area contributed by atoms with Crippen LogP contribution in [0, 0.1) is 17.1 Å².